The first kappa shape index (κ1) is 14.2. The Morgan fingerprint density at radius 3 is 2.40 bits per heavy atom. The molecule has 0 saturated carbocycles. The molecular formula is C11H8ClF3N4O. The number of nitrogens with two attached hydrogens (primary N) is 1. The van der Waals surface area contributed by atoms with Crippen molar-refractivity contribution in [3.05, 3.63) is 35.6 Å². The van der Waals surface area contributed by atoms with Gasteiger partial charge in [-0.2, -0.15) is 0 Å². The summed E-state index contributed by atoms with van der Waals surface area (Å²) in [4.78, 5) is 7.56. The Bertz CT molecular complexity index is 604. The number of nitrogens with one attached hydrogen (secondary N) is 1. The molecule has 0 fully saturated rings. The molecule has 3 N–H and O–H groups in total. The summed E-state index contributed by atoms with van der Waals surface area (Å²) in [7, 11) is 0. The second-order valence-electron chi connectivity index (χ2n) is 3.62. The fourth-order valence-electron chi connectivity index (χ4n) is 1.35. The van der Waals surface area contributed by atoms with Gasteiger partial charge in [0, 0.05) is 5.69 Å². The Morgan fingerprint density at radius 2 is 1.80 bits per heavy atom. The van der Waals surface area contributed by atoms with Crippen LogP contribution in [0.3, 0.4) is 0 Å². The van der Waals surface area contributed by atoms with Crippen LogP contribution in [0.5, 0.6) is 5.75 Å². The van der Waals surface area contributed by atoms with E-state index in [1.807, 2.05) is 0 Å². The molecule has 1 heterocycles. The summed E-state index contributed by atoms with van der Waals surface area (Å²) in [6.07, 6.45) is -3.51. The zero-order valence-corrected chi connectivity index (χ0v) is 10.5. The van der Waals surface area contributed by atoms with Gasteiger partial charge in [-0.1, -0.05) is 11.6 Å². The number of nitrogen functional groups attached to an aromatic ring is 1. The third kappa shape index (κ3) is 3.64. The van der Waals surface area contributed by atoms with Crippen molar-refractivity contribution in [2.45, 2.75) is 6.36 Å². The van der Waals surface area contributed by atoms with Crippen molar-refractivity contribution in [2.75, 3.05) is 11.1 Å². The zero-order chi connectivity index (χ0) is 14.8. The van der Waals surface area contributed by atoms with E-state index < -0.39 is 6.36 Å². The fraction of sp³-hybridized carbons (Fsp3) is 0.0909. The Hall–Kier alpha value is -2.22. The van der Waals surface area contributed by atoms with Crippen LogP contribution in [0.4, 0.5) is 30.5 Å². The van der Waals surface area contributed by atoms with E-state index in [1.165, 1.54) is 18.5 Å². The van der Waals surface area contributed by atoms with E-state index >= 15 is 0 Å². The Morgan fingerprint density at radius 1 is 1.15 bits per heavy atom. The van der Waals surface area contributed by atoms with Gasteiger partial charge in [-0.05, 0) is 24.3 Å². The summed E-state index contributed by atoms with van der Waals surface area (Å²) >= 11 is 5.88. The van der Waals surface area contributed by atoms with Gasteiger partial charge in [-0.3, -0.25) is 0 Å². The van der Waals surface area contributed by atoms with Crippen LogP contribution < -0.4 is 15.8 Å². The van der Waals surface area contributed by atoms with Crippen molar-refractivity contribution in [3.8, 4) is 5.75 Å². The van der Waals surface area contributed by atoms with E-state index in [4.69, 9.17) is 17.3 Å². The molecule has 0 atom stereocenters. The Kier molecular flexibility index (Phi) is 3.84. The van der Waals surface area contributed by atoms with Gasteiger partial charge in [0.2, 0.25) is 0 Å². The van der Waals surface area contributed by atoms with Crippen molar-refractivity contribution in [1.29, 1.82) is 0 Å². The molecule has 0 aliphatic heterocycles. The highest BCUT2D eigenvalue weighted by Gasteiger charge is 2.30. The van der Waals surface area contributed by atoms with Gasteiger partial charge in [-0.25, -0.2) is 9.97 Å². The number of hydrogen-bond donors (Lipinski definition) is 2. The molecule has 1 aromatic heterocycles. The van der Waals surface area contributed by atoms with Crippen LogP contribution in [0.25, 0.3) is 0 Å². The molecule has 0 aliphatic rings. The van der Waals surface area contributed by atoms with E-state index in [-0.39, 0.29) is 22.4 Å². The molecular weight excluding hydrogens is 297 g/mol. The molecule has 20 heavy (non-hydrogen) atoms. The highest BCUT2D eigenvalue weighted by atomic mass is 35.5. The Labute approximate surface area is 116 Å². The van der Waals surface area contributed by atoms with Gasteiger partial charge >= 0.3 is 6.36 Å². The lowest BCUT2D eigenvalue weighted by atomic mass is 10.3. The molecule has 0 radical (unpaired) electrons. The van der Waals surface area contributed by atoms with Gasteiger partial charge in [-0.15, -0.1) is 13.2 Å². The predicted molar refractivity (Wildman–Crippen MR) is 67.9 cm³/mol. The van der Waals surface area contributed by atoms with Crippen LogP contribution in [0.15, 0.2) is 30.6 Å². The number of benzene rings is 1. The summed E-state index contributed by atoms with van der Waals surface area (Å²) in [6, 6.07) is 5.09. The number of halogens is 4. The van der Waals surface area contributed by atoms with Gasteiger partial charge < -0.3 is 15.8 Å². The second-order valence-corrected chi connectivity index (χ2v) is 4.00. The van der Waals surface area contributed by atoms with Crippen LogP contribution in [0.1, 0.15) is 0 Å². The first-order valence-electron chi connectivity index (χ1n) is 5.24. The van der Waals surface area contributed by atoms with Crippen LogP contribution in [0, 0.1) is 0 Å². The van der Waals surface area contributed by atoms with Crippen LogP contribution in [0.2, 0.25) is 5.02 Å². The van der Waals surface area contributed by atoms with Crippen molar-refractivity contribution < 1.29 is 17.9 Å². The molecule has 9 heteroatoms. The SMILES string of the molecule is Nc1ncnc(Nc2ccc(OC(F)(F)F)cc2)c1Cl. The van der Waals surface area contributed by atoms with Crippen LogP contribution in [-0.2, 0) is 0 Å². The quantitative estimate of drug-likeness (QED) is 0.909. The minimum atomic E-state index is -4.72. The zero-order valence-electron chi connectivity index (χ0n) is 9.78. The molecule has 1 aromatic carbocycles. The molecule has 0 spiro atoms. The molecule has 2 aromatic rings. The molecule has 0 amide bonds. The van der Waals surface area contributed by atoms with E-state index in [1.54, 1.807) is 0 Å². The summed E-state index contributed by atoms with van der Waals surface area (Å²) in [5, 5.41) is 2.93. The van der Waals surface area contributed by atoms with Crippen LogP contribution in [-0.4, -0.2) is 16.3 Å². The van der Waals surface area contributed by atoms with Crippen molar-refractivity contribution in [1.82, 2.24) is 9.97 Å². The number of aromatic nitrogens is 2. The summed E-state index contributed by atoms with van der Waals surface area (Å²) < 4.78 is 39.8. The maximum atomic E-state index is 12.0. The average Bonchev–Trinajstić information content (AvgIpc) is 2.35. The average molecular weight is 305 g/mol. The van der Waals surface area contributed by atoms with E-state index in [2.05, 4.69) is 20.0 Å². The first-order chi connectivity index (χ1) is 9.35. The highest BCUT2D eigenvalue weighted by molar-refractivity contribution is 6.35. The first-order valence-corrected chi connectivity index (χ1v) is 5.62. The number of alkyl halides is 3. The number of nitrogens with zero attached hydrogens (tertiary/aromatic N) is 2. The largest absolute Gasteiger partial charge is 0.573 e. The minimum absolute atomic E-state index is 0.0983. The lowest BCUT2D eigenvalue weighted by Crippen LogP contribution is -2.16. The van der Waals surface area contributed by atoms with Gasteiger partial charge in [0.25, 0.3) is 0 Å². The third-order valence-electron chi connectivity index (χ3n) is 2.17. The molecule has 5 nitrogen and oxygen atoms in total. The summed E-state index contributed by atoms with van der Waals surface area (Å²) in [5.74, 6) is 0.0289. The van der Waals surface area contributed by atoms with Gasteiger partial charge in [0.15, 0.2) is 5.82 Å². The molecule has 0 saturated heterocycles. The second kappa shape index (κ2) is 5.41. The molecule has 0 bridgehead atoms. The maximum Gasteiger partial charge on any atom is 0.573 e. The molecule has 0 aliphatic carbocycles. The summed E-state index contributed by atoms with van der Waals surface area (Å²) in [5.41, 5.74) is 5.97. The summed E-state index contributed by atoms with van der Waals surface area (Å²) in [6.45, 7) is 0. The third-order valence-corrected chi connectivity index (χ3v) is 2.54. The number of hydrogen-bond acceptors (Lipinski definition) is 5. The highest BCUT2D eigenvalue weighted by Crippen LogP contribution is 2.28. The number of rotatable bonds is 3. The van der Waals surface area contributed by atoms with Crippen LogP contribution >= 0.6 is 11.6 Å². The van der Waals surface area contributed by atoms with E-state index in [9.17, 15) is 13.2 Å². The predicted octanol–water partition coefficient (Wildman–Crippen LogP) is 3.35. The molecule has 2 rings (SSSR count). The fourth-order valence-corrected chi connectivity index (χ4v) is 1.49. The lowest BCUT2D eigenvalue weighted by Gasteiger charge is -2.11. The van der Waals surface area contributed by atoms with E-state index in [0.29, 0.717) is 5.69 Å². The van der Waals surface area contributed by atoms with Crippen molar-refractivity contribution in [3.63, 3.8) is 0 Å². The minimum Gasteiger partial charge on any atom is -0.406 e. The van der Waals surface area contributed by atoms with Gasteiger partial charge in [0.05, 0.1) is 0 Å². The lowest BCUT2D eigenvalue weighted by molar-refractivity contribution is -0.274. The monoisotopic (exact) mass is 304 g/mol. The normalized spacial score (nSPS) is 11.2. The van der Waals surface area contributed by atoms with Crippen molar-refractivity contribution >= 4 is 28.9 Å². The molecule has 0 unspecified atom stereocenters. The smallest absolute Gasteiger partial charge is 0.406 e. The maximum absolute atomic E-state index is 12.0. The molecule has 106 valence electrons. The number of anilines is 3. The topological polar surface area (TPSA) is 73.1 Å². The number of ether oxygens (including phenoxy) is 1. The van der Waals surface area contributed by atoms with Gasteiger partial charge in [0.1, 0.15) is 22.9 Å². The van der Waals surface area contributed by atoms with Crippen molar-refractivity contribution in [2.24, 2.45) is 0 Å². The Balaban J connectivity index is 2.13. The standard InChI is InChI=1S/C11H8ClF3N4O/c12-8-9(16)17-5-18-10(8)19-6-1-3-7(4-2-6)20-11(13,14)15/h1-5H,(H3,16,17,18,19). The van der Waals surface area contributed by atoms with E-state index in [0.717, 1.165) is 12.1 Å².